The zero-order valence-corrected chi connectivity index (χ0v) is 22.5. The van der Waals surface area contributed by atoms with E-state index in [1.165, 1.54) is 29.3 Å². The predicted molar refractivity (Wildman–Crippen MR) is 138 cm³/mol. The van der Waals surface area contributed by atoms with Crippen LogP contribution in [0.3, 0.4) is 0 Å². The van der Waals surface area contributed by atoms with Gasteiger partial charge < -0.3 is 31.9 Å². The third kappa shape index (κ3) is 5.03. The first-order valence-corrected chi connectivity index (χ1v) is 14.2. The molecule has 5 heterocycles. The van der Waals surface area contributed by atoms with Gasteiger partial charge in [0.05, 0.1) is 24.1 Å². The number of β-lactam (4-membered cyclic amide) rings is 1. The molecule has 0 spiro atoms. The van der Waals surface area contributed by atoms with Crippen LogP contribution < -0.4 is 26.5 Å². The number of carboxylic acid groups (broad SMARTS) is 1. The lowest BCUT2D eigenvalue weighted by Crippen LogP contribution is -2.71. The number of aromatic nitrogens is 4. The number of thioether (sulfide) groups is 2. The Morgan fingerprint density at radius 2 is 2.03 bits per heavy atom. The van der Waals surface area contributed by atoms with E-state index in [1.807, 2.05) is 0 Å². The van der Waals surface area contributed by atoms with E-state index in [9.17, 15) is 29.5 Å². The zero-order chi connectivity index (χ0) is 27.8. The van der Waals surface area contributed by atoms with Gasteiger partial charge in [0.15, 0.2) is 10.8 Å². The number of carbonyl (C=O) groups excluding carboxylic acids is 4. The van der Waals surface area contributed by atoms with Crippen LogP contribution in [-0.4, -0.2) is 71.0 Å². The molecule has 0 radical (unpaired) electrons. The molecular weight excluding hydrogens is 591 g/mol. The number of hydrogen-bond donors (Lipinski definition) is 4. The van der Waals surface area contributed by atoms with Crippen molar-refractivity contribution in [2.45, 2.75) is 15.8 Å². The maximum atomic E-state index is 12.9. The molecule has 1 saturated heterocycles. The summed E-state index contributed by atoms with van der Waals surface area (Å²) in [6, 6.07) is 1.96. The zero-order valence-electron chi connectivity index (χ0n) is 19.2. The number of rotatable bonds is 8. The lowest BCUT2D eigenvalue weighted by molar-refractivity contribution is -0.603. The van der Waals surface area contributed by atoms with Gasteiger partial charge in [0.1, 0.15) is 28.6 Å². The number of primary amides is 1. The van der Waals surface area contributed by atoms with Crippen molar-refractivity contribution in [1.29, 1.82) is 0 Å². The van der Waals surface area contributed by atoms with Gasteiger partial charge >= 0.3 is 5.95 Å². The molecule has 2 atom stereocenters. The first-order chi connectivity index (χ1) is 18.7. The van der Waals surface area contributed by atoms with Crippen molar-refractivity contribution in [1.82, 2.24) is 24.6 Å². The van der Waals surface area contributed by atoms with Gasteiger partial charge in [-0.2, -0.15) is 0 Å². The number of nitrogen functional groups attached to an aromatic ring is 1. The summed E-state index contributed by atoms with van der Waals surface area (Å²) in [5.41, 5.74) is 10.4. The monoisotopic (exact) mass is 605 g/mol. The second-order valence-corrected chi connectivity index (χ2v) is 11.8. The fraction of sp³-hybridized carbons (Fsp3) is 0.150. The summed E-state index contributed by atoms with van der Waals surface area (Å²) in [6.07, 6.45) is 3.12. The van der Waals surface area contributed by atoms with Crippen molar-refractivity contribution in [3.8, 4) is 5.95 Å². The number of carbonyl (C=O) groups is 4. The molecule has 6 N–H and O–H groups in total. The number of carboxylic acids is 1. The second-order valence-electron chi connectivity index (χ2n) is 7.76. The summed E-state index contributed by atoms with van der Waals surface area (Å²) in [6.45, 7) is 0. The molecule has 2 aliphatic rings. The molecule has 3 aromatic heterocycles. The summed E-state index contributed by atoms with van der Waals surface area (Å²) in [7, 11) is 0. The predicted octanol–water partition coefficient (Wildman–Crippen LogP) is -1.72. The van der Waals surface area contributed by atoms with Crippen LogP contribution in [0.4, 0.5) is 5.13 Å². The van der Waals surface area contributed by atoms with Crippen molar-refractivity contribution in [2.75, 3.05) is 11.5 Å². The average Bonchev–Trinajstić information content (AvgIpc) is 3.56. The van der Waals surface area contributed by atoms with Crippen LogP contribution in [0.25, 0.3) is 5.95 Å². The van der Waals surface area contributed by atoms with Crippen molar-refractivity contribution in [2.24, 2.45) is 10.9 Å². The minimum absolute atomic E-state index is 0.0323. The number of amides is 3. The number of oxime groups is 1. The highest BCUT2D eigenvalue weighted by molar-refractivity contribution is 8.07. The summed E-state index contributed by atoms with van der Waals surface area (Å²) in [5.74, 6) is -3.19. The minimum atomic E-state index is -1.56. The number of pyridine rings is 1. The van der Waals surface area contributed by atoms with Crippen LogP contribution in [0.1, 0.15) is 16.1 Å². The van der Waals surface area contributed by atoms with Crippen LogP contribution in [0, 0.1) is 0 Å². The highest BCUT2D eigenvalue weighted by atomic mass is 32.2. The molecule has 200 valence electrons. The first kappa shape index (κ1) is 26.5. The summed E-state index contributed by atoms with van der Waals surface area (Å²) < 4.78 is 6.22. The Morgan fingerprint density at radius 3 is 2.64 bits per heavy atom. The van der Waals surface area contributed by atoms with Crippen LogP contribution in [-0.2, 0) is 14.4 Å². The molecule has 3 amide bonds. The van der Waals surface area contributed by atoms with E-state index >= 15 is 0 Å². The molecule has 5 rings (SSSR count). The van der Waals surface area contributed by atoms with Gasteiger partial charge in [0.2, 0.25) is 5.91 Å². The van der Waals surface area contributed by atoms with E-state index in [0.29, 0.717) is 20.8 Å². The Balaban J connectivity index is 1.31. The largest absolute Gasteiger partial charge is 0.543 e. The van der Waals surface area contributed by atoms with Gasteiger partial charge in [-0.25, -0.2) is 9.55 Å². The van der Waals surface area contributed by atoms with Crippen molar-refractivity contribution >= 4 is 80.9 Å². The van der Waals surface area contributed by atoms with Crippen molar-refractivity contribution in [3.63, 3.8) is 0 Å². The molecule has 0 aromatic carbocycles. The molecule has 0 aliphatic carbocycles. The van der Waals surface area contributed by atoms with E-state index in [4.69, 9.17) is 11.5 Å². The molecule has 19 heteroatoms. The number of hydrogen-bond acceptors (Lipinski definition) is 15. The van der Waals surface area contributed by atoms with Crippen molar-refractivity contribution in [3.05, 3.63) is 51.8 Å². The Labute approximate surface area is 234 Å². The van der Waals surface area contributed by atoms with Crippen LogP contribution in [0.2, 0.25) is 0 Å². The summed E-state index contributed by atoms with van der Waals surface area (Å²) >= 11 is 4.32. The number of anilines is 1. The fourth-order valence-electron chi connectivity index (χ4n) is 3.66. The highest BCUT2D eigenvalue weighted by Gasteiger charge is 2.53. The number of aliphatic carboxylic acids is 1. The smallest absolute Gasteiger partial charge is 0.451 e. The van der Waals surface area contributed by atoms with E-state index in [0.717, 1.165) is 39.5 Å². The summed E-state index contributed by atoms with van der Waals surface area (Å²) in [4.78, 5) is 58.5. The van der Waals surface area contributed by atoms with Gasteiger partial charge in [-0.1, -0.05) is 5.16 Å². The molecule has 39 heavy (non-hydrogen) atoms. The van der Waals surface area contributed by atoms with E-state index in [-0.39, 0.29) is 22.3 Å². The van der Waals surface area contributed by atoms with Gasteiger partial charge in [-0.15, -0.1) is 23.1 Å². The molecular formula is C20H15N9O6S4. The topological polar surface area (TPSA) is 234 Å². The number of thiazole rings is 1. The average molecular weight is 606 g/mol. The standard InChI is InChI=1S/C20H15N9O6S4/c21-13(30)7-1-3-28(4-2-7)19-25-20(39-27-19)38-9-6-36-16-11(15(32)29(16)12(9)17(33)34)24-14(31)10(26-35)8-5-37-18(22)23-8/h1-5,11,16H,6H2,(H6-,21,22,23,24,30,31,33,34,35)/t11-,16?/m1/s1. The maximum Gasteiger partial charge on any atom is 0.451 e. The highest BCUT2D eigenvalue weighted by Crippen LogP contribution is 2.45. The lowest BCUT2D eigenvalue weighted by Gasteiger charge is -2.50. The van der Waals surface area contributed by atoms with Crippen molar-refractivity contribution < 1.29 is 34.1 Å². The molecule has 1 unspecified atom stereocenters. The Hall–Kier alpha value is -4.07. The number of nitrogens with zero attached hydrogens (tertiary/aromatic N) is 6. The van der Waals surface area contributed by atoms with Crippen LogP contribution in [0.15, 0.2) is 50.0 Å². The van der Waals surface area contributed by atoms with Crippen LogP contribution in [0.5, 0.6) is 0 Å². The van der Waals surface area contributed by atoms with Crippen LogP contribution >= 0.6 is 46.4 Å². The van der Waals surface area contributed by atoms with Gasteiger partial charge in [-0.3, -0.25) is 19.3 Å². The fourth-order valence-corrected chi connectivity index (χ4v) is 7.43. The third-order valence-corrected chi connectivity index (χ3v) is 9.41. The third-order valence-electron chi connectivity index (χ3n) is 5.44. The molecule has 0 saturated carbocycles. The first-order valence-electron chi connectivity index (χ1n) is 10.6. The number of nitrogens with one attached hydrogen (secondary N) is 1. The molecule has 1 fully saturated rings. The molecule has 0 bridgehead atoms. The van der Waals surface area contributed by atoms with E-state index in [2.05, 4.69) is 24.8 Å². The Morgan fingerprint density at radius 1 is 1.28 bits per heavy atom. The molecule has 3 aromatic rings. The Bertz CT molecular complexity index is 1570. The lowest BCUT2D eigenvalue weighted by atomic mass is 10.0. The number of nitrogens with two attached hydrogens (primary N) is 2. The van der Waals surface area contributed by atoms with Gasteiger partial charge in [0.25, 0.3) is 16.2 Å². The molecule has 15 nitrogen and oxygen atoms in total. The van der Waals surface area contributed by atoms with Gasteiger partial charge in [0, 0.05) is 26.0 Å². The van der Waals surface area contributed by atoms with Gasteiger partial charge in [-0.05, 0) is 28.9 Å². The SMILES string of the molecule is NC(=O)c1cc[n+](-c2nsc(SC3=C(C(=O)[O-])N4C(=O)[C@@H](NC(=O)/C(=N/O)c5csc(N)n5)C4SC3)n2)cc1. The maximum absolute atomic E-state index is 12.9. The summed E-state index contributed by atoms with van der Waals surface area (Å²) in [5, 5.41) is 27.6. The molecule has 2 aliphatic heterocycles. The second kappa shape index (κ2) is 10.6. The quantitative estimate of drug-likeness (QED) is 0.0738. The van der Waals surface area contributed by atoms with E-state index < -0.39 is 40.8 Å². The Kier molecular flexibility index (Phi) is 7.21. The normalized spacial score (nSPS) is 18.9. The minimum Gasteiger partial charge on any atom is -0.543 e. The number of fused-ring (bicyclic) bond motifs is 1. The van der Waals surface area contributed by atoms with E-state index in [1.54, 1.807) is 17.0 Å².